The van der Waals surface area contributed by atoms with E-state index in [9.17, 15) is 18.7 Å². The number of halogens is 2. The molecule has 1 aliphatic heterocycles. The highest BCUT2D eigenvalue weighted by molar-refractivity contribution is 5.68. The molecule has 0 spiro atoms. The topological polar surface area (TPSA) is 113 Å². The van der Waals surface area contributed by atoms with Crippen molar-refractivity contribution in [3.8, 4) is 22.7 Å². The Kier molecular flexibility index (Phi) is 6.55. The number of piperazine rings is 1. The van der Waals surface area contributed by atoms with Crippen LogP contribution < -0.4 is 4.90 Å². The SMILES string of the molecule is C[C@@H]1CN(c2cccc(-c3cn(Cc4ccc(-c5nnc(C(F)F)o5)cc4)nn3)c2)C[C@H](C)N1C(=O)O. The third-order valence-electron chi connectivity index (χ3n) is 6.36. The van der Waals surface area contributed by atoms with E-state index in [1.807, 2.05) is 56.4 Å². The third-order valence-corrected chi connectivity index (χ3v) is 6.36. The second kappa shape index (κ2) is 9.96. The van der Waals surface area contributed by atoms with Crippen molar-refractivity contribution in [2.24, 2.45) is 0 Å². The Hall–Kier alpha value is -4.35. The summed E-state index contributed by atoms with van der Waals surface area (Å²) in [5.74, 6) is -0.664. The number of hydrogen-bond acceptors (Lipinski definition) is 7. The van der Waals surface area contributed by atoms with Crippen LogP contribution in [-0.2, 0) is 6.54 Å². The maximum Gasteiger partial charge on any atom is 0.407 e. The first kappa shape index (κ1) is 24.3. The van der Waals surface area contributed by atoms with Crippen molar-refractivity contribution in [3.05, 3.63) is 66.2 Å². The van der Waals surface area contributed by atoms with Gasteiger partial charge in [-0.2, -0.15) is 8.78 Å². The van der Waals surface area contributed by atoms with Crippen LogP contribution in [0, 0.1) is 0 Å². The van der Waals surface area contributed by atoms with Crippen molar-refractivity contribution in [3.63, 3.8) is 0 Å². The van der Waals surface area contributed by atoms with E-state index in [0.29, 0.717) is 30.9 Å². The lowest BCUT2D eigenvalue weighted by atomic mass is 10.1. The number of nitrogens with zero attached hydrogens (tertiary/aromatic N) is 7. The van der Waals surface area contributed by atoms with E-state index in [-0.39, 0.29) is 18.0 Å². The Balaban J connectivity index is 1.27. The van der Waals surface area contributed by atoms with Gasteiger partial charge in [0.2, 0.25) is 5.89 Å². The van der Waals surface area contributed by atoms with Gasteiger partial charge >= 0.3 is 12.5 Å². The number of rotatable bonds is 6. The van der Waals surface area contributed by atoms with Gasteiger partial charge in [-0.05, 0) is 43.7 Å². The van der Waals surface area contributed by atoms with Gasteiger partial charge in [0, 0.05) is 29.9 Å². The van der Waals surface area contributed by atoms with Crippen LogP contribution in [0.15, 0.2) is 59.1 Å². The molecule has 0 radical (unpaired) electrons. The number of hydrogen-bond donors (Lipinski definition) is 1. The zero-order valence-electron chi connectivity index (χ0n) is 20.2. The summed E-state index contributed by atoms with van der Waals surface area (Å²) in [6, 6.07) is 14.9. The van der Waals surface area contributed by atoms with Crippen molar-refractivity contribution >= 4 is 11.8 Å². The molecule has 0 bridgehead atoms. The Labute approximate surface area is 211 Å². The van der Waals surface area contributed by atoms with Crippen molar-refractivity contribution in [1.29, 1.82) is 0 Å². The lowest BCUT2D eigenvalue weighted by molar-refractivity contribution is 0.0982. The summed E-state index contributed by atoms with van der Waals surface area (Å²) in [7, 11) is 0. The highest BCUT2D eigenvalue weighted by atomic mass is 19.3. The number of amides is 1. The quantitative estimate of drug-likeness (QED) is 0.403. The van der Waals surface area contributed by atoms with Gasteiger partial charge in [0.15, 0.2) is 0 Å². The van der Waals surface area contributed by atoms with Crippen molar-refractivity contribution in [2.45, 2.75) is 38.9 Å². The average Bonchev–Trinajstić information content (AvgIpc) is 3.54. The van der Waals surface area contributed by atoms with E-state index in [1.165, 1.54) is 4.90 Å². The fourth-order valence-corrected chi connectivity index (χ4v) is 4.66. The van der Waals surface area contributed by atoms with Gasteiger partial charge in [0.25, 0.3) is 5.89 Å². The molecule has 2 atom stereocenters. The molecule has 0 unspecified atom stereocenters. The highest BCUT2D eigenvalue weighted by Crippen LogP contribution is 2.27. The molecule has 1 saturated heterocycles. The minimum absolute atomic E-state index is 0.0398. The predicted octanol–water partition coefficient (Wildman–Crippen LogP) is 4.56. The smallest absolute Gasteiger partial charge is 0.407 e. The van der Waals surface area contributed by atoms with Crippen LogP contribution >= 0.6 is 0 Å². The Morgan fingerprint density at radius 3 is 2.43 bits per heavy atom. The van der Waals surface area contributed by atoms with E-state index < -0.39 is 18.4 Å². The standard InChI is InChI=1S/C25H25F2N7O3/c1-15-11-32(12-16(2)34(15)25(35)36)20-5-3-4-19(10-20)21-14-33(31-28-21)13-17-6-8-18(9-7-17)23-29-30-24(37-23)22(26)27/h3-10,14-16,22H,11-13H2,1-2H3,(H,35,36)/t15-,16+. The summed E-state index contributed by atoms with van der Waals surface area (Å²) in [5.41, 5.74) is 4.11. The number of benzene rings is 2. The minimum Gasteiger partial charge on any atom is -0.465 e. The lowest BCUT2D eigenvalue weighted by Gasteiger charge is -2.44. The molecule has 192 valence electrons. The van der Waals surface area contributed by atoms with Gasteiger partial charge in [-0.3, -0.25) is 4.90 Å². The molecule has 2 aromatic heterocycles. The van der Waals surface area contributed by atoms with E-state index in [2.05, 4.69) is 25.4 Å². The van der Waals surface area contributed by atoms with Crippen LogP contribution in [0.1, 0.15) is 31.7 Å². The van der Waals surface area contributed by atoms with E-state index >= 15 is 0 Å². The Morgan fingerprint density at radius 1 is 1.05 bits per heavy atom. The third kappa shape index (κ3) is 5.13. The predicted molar refractivity (Wildman–Crippen MR) is 130 cm³/mol. The number of carbonyl (C=O) groups is 1. The van der Waals surface area contributed by atoms with Crippen LogP contribution in [0.3, 0.4) is 0 Å². The zero-order valence-corrected chi connectivity index (χ0v) is 20.2. The minimum atomic E-state index is -2.81. The lowest BCUT2D eigenvalue weighted by Crippen LogP contribution is -2.58. The molecule has 3 heterocycles. The van der Waals surface area contributed by atoms with Gasteiger partial charge in [0.1, 0.15) is 5.69 Å². The van der Waals surface area contributed by atoms with Gasteiger partial charge in [-0.25, -0.2) is 9.48 Å². The molecule has 1 N–H and O–H groups in total. The molecule has 1 fully saturated rings. The molecular formula is C25H25F2N7O3. The first-order valence-electron chi connectivity index (χ1n) is 11.8. The van der Waals surface area contributed by atoms with E-state index in [4.69, 9.17) is 4.42 Å². The normalized spacial score (nSPS) is 18.0. The summed E-state index contributed by atoms with van der Waals surface area (Å²) in [4.78, 5) is 15.2. The molecule has 12 heteroatoms. The fourth-order valence-electron chi connectivity index (χ4n) is 4.66. The maximum absolute atomic E-state index is 12.7. The number of carboxylic acid groups (broad SMARTS) is 1. The van der Waals surface area contributed by atoms with Crippen molar-refractivity contribution in [1.82, 2.24) is 30.1 Å². The molecule has 1 amide bonds. The van der Waals surface area contributed by atoms with Crippen LogP contribution in [0.4, 0.5) is 19.3 Å². The molecule has 4 aromatic rings. The summed E-state index contributed by atoms with van der Waals surface area (Å²) in [5, 5.41) is 25.1. The molecule has 2 aromatic carbocycles. The van der Waals surface area contributed by atoms with Gasteiger partial charge < -0.3 is 14.4 Å². The first-order chi connectivity index (χ1) is 17.8. The van der Waals surface area contributed by atoms with Crippen LogP contribution in [0.5, 0.6) is 0 Å². The largest absolute Gasteiger partial charge is 0.465 e. The number of anilines is 1. The second-order valence-electron chi connectivity index (χ2n) is 9.09. The molecule has 0 saturated carbocycles. The Morgan fingerprint density at radius 2 is 1.78 bits per heavy atom. The fraction of sp³-hybridized carbons (Fsp3) is 0.320. The van der Waals surface area contributed by atoms with Gasteiger partial charge in [0.05, 0.1) is 24.8 Å². The maximum atomic E-state index is 12.7. The van der Waals surface area contributed by atoms with Gasteiger partial charge in [-0.1, -0.05) is 29.5 Å². The van der Waals surface area contributed by atoms with Crippen LogP contribution in [0.2, 0.25) is 0 Å². The molecular weight excluding hydrogens is 484 g/mol. The molecule has 10 nitrogen and oxygen atoms in total. The summed E-state index contributed by atoms with van der Waals surface area (Å²) < 4.78 is 32.1. The molecule has 0 aliphatic carbocycles. The first-order valence-corrected chi connectivity index (χ1v) is 11.8. The monoisotopic (exact) mass is 509 g/mol. The van der Waals surface area contributed by atoms with Crippen molar-refractivity contribution < 1.29 is 23.1 Å². The average molecular weight is 510 g/mol. The Bertz CT molecular complexity index is 1380. The van der Waals surface area contributed by atoms with E-state index in [1.54, 1.807) is 16.8 Å². The summed E-state index contributed by atoms with van der Waals surface area (Å²) in [6.07, 6.45) is -1.85. The van der Waals surface area contributed by atoms with Crippen LogP contribution in [-0.4, -0.2) is 66.5 Å². The molecule has 5 rings (SSSR count). The molecule has 1 aliphatic rings. The number of alkyl halides is 2. The second-order valence-corrected chi connectivity index (χ2v) is 9.09. The van der Waals surface area contributed by atoms with Crippen LogP contribution in [0.25, 0.3) is 22.7 Å². The van der Waals surface area contributed by atoms with E-state index in [0.717, 1.165) is 16.8 Å². The zero-order chi connectivity index (χ0) is 26.1. The van der Waals surface area contributed by atoms with Crippen molar-refractivity contribution in [2.75, 3.05) is 18.0 Å². The van der Waals surface area contributed by atoms with Gasteiger partial charge in [-0.15, -0.1) is 15.3 Å². The summed E-state index contributed by atoms with van der Waals surface area (Å²) >= 11 is 0. The molecule has 37 heavy (non-hydrogen) atoms. The summed E-state index contributed by atoms with van der Waals surface area (Å²) in [6.45, 7) is 5.51. The highest BCUT2D eigenvalue weighted by Gasteiger charge is 2.33. The number of aromatic nitrogens is 5.